The molecule has 0 amide bonds. The van der Waals surface area contributed by atoms with E-state index in [1.807, 2.05) is 0 Å². The molecule has 4 aromatic rings. The second-order valence-electron chi connectivity index (χ2n) is 8.88. The Bertz CT molecular complexity index is 1630. The van der Waals surface area contributed by atoms with Crippen LogP contribution in [-0.4, -0.2) is 39.3 Å². The van der Waals surface area contributed by atoms with E-state index in [9.17, 15) is 23.2 Å². The van der Waals surface area contributed by atoms with Crippen LogP contribution in [0.4, 0.5) is 24.9 Å². The largest absolute Gasteiger partial charge is 0.417 e. The second kappa shape index (κ2) is 9.42. The Balaban J connectivity index is 1.83. The Morgan fingerprint density at radius 3 is 2.50 bits per heavy atom. The first-order valence-electron chi connectivity index (χ1n) is 11.7. The monoisotopic (exact) mass is 521 g/mol. The van der Waals surface area contributed by atoms with Gasteiger partial charge in [-0.3, -0.25) is 9.36 Å². The number of hydrogen-bond acceptors (Lipinski definition) is 8. The van der Waals surface area contributed by atoms with Gasteiger partial charge in [0.25, 0.3) is 5.56 Å². The summed E-state index contributed by atoms with van der Waals surface area (Å²) in [4.78, 5) is 28.6. The number of aryl methyl sites for hydroxylation is 1. The van der Waals surface area contributed by atoms with Crippen molar-refractivity contribution in [3.8, 4) is 11.8 Å². The summed E-state index contributed by atoms with van der Waals surface area (Å²) in [5.41, 5.74) is 4.81. The lowest BCUT2D eigenvalue weighted by atomic mass is 10.1. The normalized spacial score (nSPS) is 17.6. The fourth-order valence-electron chi connectivity index (χ4n) is 4.90. The molecule has 2 aromatic carbocycles. The molecule has 5 rings (SSSR count). The Morgan fingerprint density at radius 1 is 1.11 bits per heavy atom. The van der Waals surface area contributed by atoms with Gasteiger partial charge in [-0.15, -0.1) is 0 Å². The Morgan fingerprint density at radius 2 is 1.84 bits per heavy atom. The molecular formula is C26H22F3N7O2. The lowest BCUT2D eigenvalue weighted by molar-refractivity contribution is -0.136. The van der Waals surface area contributed by atoms with Crippen LogP contribution in [0.25, 0.3) is 16.6 Å². The lowest BCUT2D eigenvalue weighted by Crippen LogP contribution is -2.33. The zero-order valence-corrected chi connectivity index (χ0v) is 20.4. The van der Waals surface area contributed by atoms with Crippen LogP contribution in [-0.2, 0) is 10.9 Å². The van der Waals surface area contributed by atoms with E-state index in [0.29, 0.717) is 17.8 Å². The molecule has 0 aliphatic carbocycles. The Kier molecular flexibility index (Phi) is 6.24. The summed E-state index contributed by atoms with van der Waals surface area (Å²) in [5.74, 6) is 0.379. The summed E-state index contributed by atoms with van der Waals surface area (Å²) in [6, 6.07) is 13.2. The second-order valence-corrected chi connectivity index (χ2v) is 8.88. The van der Waals surface area contributed by atoms with Crippen molar-refractivity contribution in [2.24, 2.45) is 0 Å². The van der Waals surface area contributed by atoms with Crippen LogP contribution in [0.2, 0.25) is 0 Å². The number of nitrogens with two attached hydrogens (primary N) is 1. The topological polar surface area (TPSA) is 123 Å². The number of methoxy groups -OCH3 is 1. The van der Waals surface area contributed by atoms with Crippen molar-refractivity contribution >= 4 is 22.7 Å². The predicted octanol–water partition coefficient (Wildman–Crippen LogP) is 3.92. The molecule has 0 unspecified atom stereocenters. The number of para-hydroxylation sites is 1. The van der Waals surface area contributed by atoms with E-state index in [1.54, 1.807) is 42.2 Å². The quantitative estimate of drug-likeness (QED) is 0.429. The van der Waals surface area contributed by atoms with Crippen molar-refractivity contribution in [3.05, 3.63) is 81.5 Å². The average Bonchev–Trinajstić information content (AvgIpc) is 3.32. The summed E-state index contributed by atoms with van der Waals surface area (Å²) in [7, 11) is 1.53. The van der Waals surface area contributed by atoms with E-state index in [4.69, 9.17) is 10.5 Å². The van der Waals surface area contributed by atoms with Gasteiger partial charge >= 0.3 is 6.18 Å². The number of hydrogen-bond donors (Lipinski definition) is 1. The molecular weight excluding hydrogens is 499 g/mol. The number of alkyl halides is 3. The zero-order valence-electron chi connectivity index (χ0n) is 20.4. The minimum atomic E-state index is -4.76. The van der Waals surface area contributed by atoms with Gasteiger partial charge in [0.15, 0.2) is 5.82 Å². The summed E-state index contributed by atoms with van der Waals surface area (Å²) in [6.45, 7) is 1.91. The van der Waals surface area contributed by atoms with Gasteiger partial charge in [0.2, 0.25) is 5.95 Å². The van der Waals surface area contributed by atoms with Gasteiger partial charge < -0.3 is 15.4 Å². The van der Waals surface area contributed by atoms with Crippen LogP contribution < -0.4 is 16.2 Å². The minimum absolute atomic E-state index is 0.0437. The molecule has 2 atom stereocenters. The van der Waals surface area contributed by atoms with Gasteiger partial charge in [-0.25, -0.2) is 9.97 Å². The van der Waals surface area contributed by atoms with Crippen molar-refractivity contribution in [1.29, 1.82) is 5.26 Å². The van der Waals surface area contributed by atoms with Crippen molar-refractivity contribution in [2.45, 2.75) is 31.7 Å². The maximum absolute atomic E-state index is 13.9. The molecule has 1 fully saturated rings. The lowest BCUT2D eigenvalue weighted by Gasteiger charge is -2.28. The first-order chi connectivity index (χ1) is 18.1. The zero-order chi connectivity index (χ0) is 27.2. The first-order valence-corrected chi connectivity index (χ1v) is 11.7. The van der Waals surface area contributed by atoms with Crippen molar-refractivity contribution in [1.82, 2.24) is 19.5 Å². The molecule has 0 bridgehead atoms. The number of benzene rings is 2. The molecule has 1 saturated heterocycles. The van der Waals surface area contributed by atoms with E-state index in [-0.39, 0.29) is 41.3 Å². The molecule has 0 saturated carbocycles. The average molecular weight is 522 g/mol. The fourth-order valence-corrected chi connectivity index (χ4v) is 4.90. The van der Waals surface area contributed by atoms with Gasteiger partial charge in [0.05, 0.1) is 40.0 Å². The molecule has 3 heterocycles. The molecule has 1 aliphatic rings. The number of nitrogens with zero attached hydrogens (tertiary/aromatic N) is 6. The van der Waals surface area contributed by atoms with E-state index < -0.39 is 28.7 Å². The molecule has 12 heteroatoms. The smallest absolute Gasteiger partial charge is 0.380 e. The predicted molar refractivity (Wildman–Crippen MR) is 134 cm³/mol. The maximum atomic E-state index is 13.9. The highest BCUT2D eigenvalue weighted by Crippen LogP contribution is 2.39. The third kappa shape index (κ3) is 4.20. The van der Waals surface area contributed by atoms with Crippen LogP contribution in [0.15, 0.2) is 53.3 Å². The molecule has 0 radical (unpaired) electrons. The summed E-state index contributed by atoms with van der Waals surface area (Å²) < 4.78 is 48.6. The highest BCUT2D eigenvalue weighted by molar-refractivity contribution is 5.82. The Hall–Kier alpha value is -4.50. The van der Waals surface area contributed by atoms with E-state index in [1.165, 1.54) is 23.8 Å². The van der Waals surface area contributed by atoms with Crippen LogP contribution in [0.1, 0.15) is 35.1 Å². The van der Waals surface area contributed by atoms with Crippen molar-refractivity contribution in [3.63, 3.8) is 0 Å². The van der Waals surface area contributed by atoms with Crippen molar-refractivity contribution in [2.75, 3.05) is 24.3 Å². The summed E-state index contributed by atoms with van der Waals surface area (Å²) >= 11 is 0. The molecule has 38 heavy (non-hydrogen) atoms. The van der Waals surface area contributed by atoms with E-state index >= 15 is 0 Å². The number of nitriles is 1. The minimum Gasteiger partial charge on any atom is -0.380 e. The fraction of sp³-hybridized carbons (Fsp3) is 0.269. The molecule has 2 aromatic heterocycles. The molecule has 9 nitrogen and oxygen atoms in total. The van der Waals surface area contributed by atoms with Crippen LogP contribution >= 0.6 is 0 Å². The van der Waals surface area contributed by atoms with Gasteiger partial charge in [0.1, 0.15) is 17.5 Å². The SMILES string of the molecule is CO[C@H]1C[C@@H](c2nc3cccc(C(F)(F)F)c3c(=O)n2-c2ccccc2)N(c2nc(N)nc(C)c2C#N)C1. The maximum Gasteiger partial charge on any atom is 0.417 e. The summed E-state index contributed by atoms with van der Waals surface area (Å²) in [6.07, 6.45) is -4.77. The number of aromatic nitrogens is 4. The van der Waals surface area contributed by atoms with Crippen LogP contribution in [0.5, 0.6) is 0 Å². The van der Waals surface area contributed by atoms with Crippen molar-refractivity contribution < 1.29 is 17.9 Å². The number of ether oxygens (including phenoxy) is 1. The first kappa shape index (κ1) is 25.2. The number of rotatable bonds is 4. The Labute approximate surface area is 214 Å². The molecule has 194 valence electrons. The number of anilines is 2. The van der Waals surface area contributed by atoms with E-state index in [2.05, 4.69) is 21.0 Å². The van der Waals surface area contributed by atoms with Gasteiger partial charge in [-0.05, 0) is 31.2 Å². The summed E-state index contributed by atoms with van der Waals surface area (Å²) in [5, 5.41) is 9.32. The molecule has 0 spiro atoms. The van der Waals surface area contributed by atoms with Crippen LogP contribution in [0, 0.1) is 18.3 Å². The van der Waals surface area contributed by atoms with Gasteiger partial charge in [-0.2, -0.15) is 23.4 Å². The van der Waals surface area contributed by atoms with Crippen LogP contribution in [0.3, 0.4) is 0 Å². The third-order valence-electron chi connectivity index (χ3n) is 6.61. The highest BCUT2D eigenvalue weighted by atomic mass is 19.4. The highest BCUT2D eigenvalue weighted by Gasteiger charge is 2.40. The number of halogens is 3. The van der Waals surface area contributed by atoms with Gasteiger partial charge in [0, 0.05) is 20.1 Å². The van der Waals surface area contributed by atoms with Gasteiger partial charge in [-0.1, -0.05) is 24.3 Å². The molecule has 2 N–H and O–H groups in total. The third-order valence-corrected chi connectivity index (χ3v) is 6.61. The number of fused-ring (bicyclic) bond motifs is 1. The molecule has 1 aliphatic heterocycles. The standard InChI is InChI=1S/C26H22F3N7O2/c1-14-17(12-30)22(34-25(31)32-14)35-13-16(38-2)11-20(35)23-33-19-10-6-9-18(26(27,28)29)21(19)24(37)36(23)15-7-4-3-5-8-15/h3-10,16,20H,11,13H2,1-2H3,(H2,31,32,34)/t16-,20-/m0/s1. The van der Waals surface area contributed by atoms with E-state index in [0.717, 1.165) is 6.07 Å². The number of nitrogen functional groups attached to an aromatic ring is 1.